The minimum atomic E-state index is -0.185. The molecule has 0 radical (unpaired) electrons. The number of hydrogen-bond donors (Lipinski definition) is 1. The van der Waals surface area contributed by atoms with Gasteiger partial charge in [-0.15, -0.1) is 0 Å². The van der Waals surface area contributed by atoms with E-state index in [4.69, 9.17) is 14.5 Å². The number of aromatic nitrogens is 2. The molecule has 0 saturated heterocycles. The number of fused-ring (bicyclic) bond motifs is 1. The van der Waals surface area contributed by atoms with Crippen molar-refractivity contribution in [3.63, 3.8) is 0 Å². The maximum absolute atomic E-state index is 12.3. The van der Waals surface area contributed by atoms with Crippen LogP contribution in [0.5, 0.6) is 11.5 Å². The predicted octanol–water partition coefficient (Wildman–Crippen LogP) is 4.51. The Morgan fingerprint density at radius 3 is 2.53 bits per heavy atom. The number of benzene rings is 3. The van der Waals surface area contributed by atoms with Crippen LogP contribution in [-0.2, 0) is 17.9 Å². The molecular formula is C26H27N3O3. The molecule has 0 aliphatic carbocycles. The van der Waals surface area contributed by atoms with Crippen LogP contribution in [0.1, 0.15) is 17.8 Å². The van der Waals surface area contributed by atoms with Crippen molar-refractivity contribution in [2.24, 2.45) is 0 Å². The van der Waals surface area contributed by atoms with E-state index in [0.29, 0.717) is 18.9 Å². The number of hydrogen-bond acceptors (Lipinski definition) is 4. The van der Waals surface area contributed by atoms with Gasteiger partial charge in [0.2, 0.25) is 0 Å². The monoisotopic (exact) mass is 429 g/mol. The third-order valence-electron chi connectivity index (χ3n) is 5.17. The Balaban J connectivity index is 1.35. The summed E-state index contributed by atoms with van der Waals surface area (Å²) in [4.78, 5) is 17.0. The largest absolute Gasteiger partial charge is 0.493 e. The van der Waals surface area contributed by atoms with Crippen LogP contribution in [0.15, 0.2) is 78.9 Å². The quantitative estimate of drug-likeness (QED) is 0.377. The number of nitrogens with zero attached hydrogens (tertiary/aromatic N) is 2. The molecule has 32 heavy (non-hydrogen) atoms. The Hall–Kier alpha value is -3.80. The first-order valence-corrected chi connectivity index (χ1v) is 10.8. The van der Waals surface area contributed by atoms with Gasteiger partial charge in [-0.3, -0.25) is 4.79 Å². The van der Waals surface area contributed by atoms with Crippen LogP contribution < -0.4 is 14.8 Å². The molecule has 0 unspecified atom stereocenters. The molecule has 4 rings (SSSR count). The van der Waals surface area contributed by atoms with Gasteiger partial charge >= 0.3 is 0 Å². The second-order valence-corrected chi connectivity index (χ2v) is 7.51. The number of nitrogens with one attached hydrogen (secondary N) is 1. The second kappa shape index (κ2) is 10.5. The van der Waals surface area contributed by atoms with Crippen molar-refractivity contribution >= 4 is 16.9 Å². The van der Waals surface area contributed by atoms with E-state index in [1.807, 2.05) is 85.8 Å². The smallest absolute Gasteiger partial charge is 0.258 e. The number of para-hydroxylation sites is 4. The SMILES string of the molecule is Cc1ccccc1OCCCn1c(CNC(=O)COc2ccccc2)nc2ccccc21. The maximum Gasteiger partial charge on any atom is 0.258 e. The first-order chi connectivity index (χ1) is 15.7. The predicted molar refractivity (Wildman–Crippen MR) is 125 cm³/mol. The number of rotatable bonds is 10. The van der Waals surface area contributed by atoms with Gasteiger partial charge < -0.3 is 19.4 Å². The number of carbonyl (C=O) groups is 1. The van der Waals surface area contributed by atoms with Gasteiger partial charge in [0.05, 0.1) is 24.2 Å². The molecule has 4 aromatic rings. The Labute approximate surface area is 187 Å². The van der Waals surface area contributed by atoms with Gasteiger partial charge in [-0.05, 0) is 49.2 Å². The average Bonchev–Trinajstić information content (AvgIpc) is 3.18. The molecule has 164 valence electrons. The van der Waals surface area contributed by atoms with E-state index in [2.05, 4.69) is 9.88 Å². The molecule has 6 heteroatoms. The van der Waals surface area contributed by atoms with Crippen molar-refractivity contribution in [3.05, 3.63) is 90.3 Å². The molecule has 0 atom stereocenters. The topological polar surface area (TPSA) is 65.4 Å². The summed E-state index contributed by atoms with van der Waals surface area (Å²) in [5, 5.41) is 2.92. The molecule has 6 nitrogen and oxygen atoms in total. The van der Waals surface area contributed by atoms with E-state index in [-0.39, 0.29) is 12.5 Å². The minimum Gasteiger partial charge on any atom is -0.493 e. The lowest BCUT2D eigenvalue weighted by molar-refractivity contribution is -0.123. The van der Waals surface area contributed by atoms with Crippen molar-refractivity contribution in [2.75, 3.05) is 13.2 Å². The molecule has 1 aromatic heterocycles. The third kappa shape index (κ3) is 5.46. The molecule has 1 amide bonds. The molecule has 0 spiro atoms. The first-order valence-electron chi connectivity index (χ1n) is 10.8. The van der Waals surface area contributed by atoms with Gasteiger partial charge in [-0.1, -0.05) is 48.5 Å². The number of amides is 1. The molecule has 0 fully saturated rings. The van der Waals surface area contributed by atoms with Crippen molar-refractivity contribution in [1.82, 2.24) is 14.9 Å². The zero-order chi connectivity index (χ0) is 22.2. The average molecular weight is 430 g/mol. The highest BCUT2D eigenvalue weighted by Crippen LogP contribution is 2.19. The van der Waals surface area contributed by atoms with Crippen LogP contribution in [0.2, 0.25) is 0 Å². The fourth-order valence-corrected chi connectivity index (χ4v) is 3.53. The molecular weight excluding hydrogens is 402 g/mol. The second-order valence-electron chi connectivity index (χ2n) is 7.51. The molecule has 3 aromatic carbocycles. The van der Waals surface area contributed by atoms with Crippen molar-refractivity contribution in [3.8, 4) is 11.5 Å². The molecule has 0 aliphatic heterocycles. The lowest BCUT2D eigenvalue weighted by Gasteiger charge is -2.12. The maximum atomic E-state index is 12.3. The van der Waals surface area contributed by atoms with E-state index in [0.717, 1.165) is 41.1 Å². The van der Waals surface area contributed by atoms with Gasteiger partial charge in [0.25, 0.3) is 5.91 Å². The van der Waals surface area contributed by atoms with E-state index in [9.17, 15) is 4.79 Å². The first kappa shape index (κ1) is 21.4. The van der Waals surface area contributed by atoms with E-state index >= 15 is 0 Å². The summed E-state index contributed by atoms with van der Waals surface area (Å²) in [7, 11) is 0. The van der Waals surface area contributed by atoms with Crippen molar-refractivity contribution in [2.45, 2.75) is 26.4 Å². The van der Waals surface area contributed by atoms with Gasteiger partial charge in [0.1, 0.15) is 17.3 Å². The van der Waals surface area contributed by atoms with Crippen LogP contribution in [0, 0.1) is 6.92 Å². The zero-order valence-electron chi connectivity index (χ0n) is 18.2. The number of imidazole rings is 1. The number of carbonyl (C=O) groups excluding carboxylic acids is 1. The zero-order valence-corrected chi connectivity index (χ0v) is 18.2. The van der Waals surface area contributed by atoms with E-state index < -0.39 is 0 Å². The van der Waals surface area contributed by atoms with Crippen LogP contribution in [0.25, 0.3) is 11.0 Å². The fourth-order valence-electron chi connectivity index (χ4n) is 3.53. The lowest BCUT2D eigenvalue weighted by atomic mass is 10.2. The summed E-state index contributed by atoms with van der Waals surface area (Å²) >= 11 is 0. The Kier molecular flexibility index (Phi) is 7.02. The normalized spacial score (nSPS) is 10.8. The minimum absolute atomic E-state index is 0.0332. The van der Waals surface area contributed by atoms with Crippen LogP contribution in [0.3, 0.4) is 0 Å². The summed E-state index contributed by atoms with van der Waals surface area (Å²) in [6.45, 7) is 3.70. The van der Waals surface area contributed by atoms with Crippen LogP contribution >= 0.6 is 0 Å². The van der Waals surface area contributed by atoms with Gasteiger partial charge in [-0.2, -0.15) is 0 Å². The van der Waals surface area contributed by atoms with Gasteiger partial charge in [0.15, 0.2) is 6.61 Å². The number of ether oxygens (including phenoxy) is 2. The molecule has 1 N–H and O–H groups in total. The highest BCUT2D eigenvalue weighted by Gasteiger charge is 2.12. The van der Waals surface area contributed by atoms with Crippen molar-refractivity contribution < 1.29 is 14.3 Å². The Bertz CT molecular complexity index is 1170. The van der Waals surface area contributed by atoms with Gasteiger partial charge in [0, 0.05) is 6.54 Å². The summed E-state index contributed by atoms with van der Waals surface area (Å²) in [6, 6.07) is 25.3. The summed E-state index contributed by atoms with van der Waals surface area (Å²) < 4.78 is 13.6. The third-order valence-corrected chi connectivity index (χ3v) is 5.17. The molecule has 1 heterocycles. The van der Waals surface area contributed by atoms with Crippen LogP contribution in [-0.4, -0.2) is 28.7 Å². The van der Waals surface area contributed by atoms with Crippen LogP contribution in [0.4, 0.5) is 0 Å². The number of aryl methyl sites for hydroxylation is 2. The fraction of sp³-hybridized carbons (Fsp3) is 0.231. The van der Waals surface area contributed by atoms with Gasteiger partial charge in [-0.25, -0.2) is 4.98 Å². The Morgan fingerprint density at radius 2 is 1.69 bits per heavy atom. The highest BCUT2D eigenvalue weighted by atomic mass is 16.5. The standard InChI is InChI=1S/C26H27N3O3/c1-20-10-5-8-15-24(20)31-17-9-16-29-23-14-7-6-13-22(23)28-25(29)18-27-26(30)19-32-21-11-3-2-4-12-21/h2-8,10-15H,9,16-19H2,1H3,(H,27,30). The Morgan fingerprint density at radius 1 is 0.938 bits per heavy atom. The molecule has 0 bridgehead atoms. The van der Waals surface area contributed by atoms with Crippen molar-refractivity contribution in [1.29, 1.82) is 0 Å². The summed E-state index contributed by atoms with van der Waals surface area (Å²) in [5.41, 5.74) is 3.09. The summed E-state index contributed by atoms with van der Waals surface area (Å²) in [5.74, 6) is 2.21. The van der Waals surface area contributed by atoms with E-state index in [1.54, 1.807) is 0 Å². The lowest BCUT2D eigenvalue weighted by Crippen LogP contribution is -2.29. The highest BCUT2D eigenvalue weighted by molar-refractivity contribution is 5.78. The summed E-state index contributed by atoms with van der Waals surface area (Å²) in [6.07, 6.45) is 0.826. The molecule has 0 saturated carbocycles. The molecule has 0 aliphatic rings. The van der Waals surface area contributed by atoms with E-state index in [1.165, 1.54) is 0 Å².